The molecule has 0 amide bonds. The molecule has 3 aromatic heterocycles. The number of hydrogen-bond acceptors (Lipinski definition) is 10. The van der Waals surface area contributed by atoms with Gasteiger partial charge < -0.3 is 20.4 Å². The van der Waals surface area contributed by atoms with Crippen molar-refractivity contribution in [2.45, 2.75) is 110 Å². The molecule has 7 aromatic rings. The van der Waals surface area contributed by atoms with E-state index in [1.807, 2.05) is 36.4 Å². The minimum Gasteiger partial charge on any atom is -0.369 e. The second-order valence-electron chi connectivity index (χ2n) is 21.0. The third kappa shape index (κ3) is 11.0. The van der Waals surface area contributed by atoms with Crippen LogP contribution in [0.25, 0.3) is 37.9 Å². The number of fused-ring (bicyclic) bond motifs is 3. The highest BCUT2D eigenvalue weighted by atomic mass is 32.1. The van der Waals surface area contributed by atoms with Crippen molar-refractivity contribution in [2.24, 2.45) is 13.0 Å². The molecule has 1 saturated carbocycles. The van der Waals surface area contributed by atoms with E-state index in [9.17, 15) is 4.79 Å². The maximum absolute atomic E-state index is 12.1. The van der Waals surface area contributed by atoms with E-state index in [2.05, 4.69) is 132 Å². The lowest BCUT2D eigenvalue weighted by Gasteiger charge is -2.39. The van der Waals surface area contributed by atoms with Crippen LogP contribution in [-0.2, 0) is 20.0 Å². The maximum Gasteiger partial charge on any atom is 0.188 e. The van der Waals surface area contributed by atoms with Crippen molar-refractivity contribution in [1.29, 1.82) is 0 Å². The number of carbonyl (C=O) groups is 1. The number of piperidine rings is 1. The predicted octanol–water partition coefficient (Wildman–Crippen LogP) is 13.8. The van der Waals surface area contributed by atoms with Crippen LogP contribution >= 0.6 is 11.3 Å². The number of aldehydes is 1. The van der Waals surface area contributed by atoms with Gasteiger partial charge in [0, 0.05) is 97.6 Å². The van der Waals surface area contributed by atoms with Gasteiger partial charge in [0.1, 0.15) is 11.5 Å². The van der Waals surface area contributed by atoms with Gasteiger partial charge in [-0.3, -0.25) is 14.4 Å². The fourth-order valence-electron chi connectivity index (χ4n) is 11.9. The second kappa shape index (κ2) is 22.3. The molecule has 11 heteroatoms. The third-order valence-corrected chi connectivity index (χ3v) is 17.3. The Bertz CT molecular complexity index is 3120. The van der Waals surface area contributed by atoms with Crippen LogP contribution in [0.15, 0.2) is 122 Å². The van der Waals surface area contributed by atoms with Crippen LogP contribution in [0, 0.1) is 19.8 Å². The summed E-state index contributed by atoms with van der Waals surface area (Å²) >= 11 is 1.62. The number of nitrogens with zero attached hydrogens (tertiary/aromatic N) is 7. The topological polar surface area (TPSA) is 94.4 Å². The number of piperazine rings is 1. The summed E-state index contributed by atoms with van der Waals surface area (Å²) in [6, 6.07) is 32.4. The zero-order chi connectivity index (χ0) is 50.6. The van der Waals surface area contributed by atoms with E-state index in [4.69, 9.17) is 15.1 Å². The number of pyridine rings is 1. The zero-order valence-corrected chi connectivity index (χ0v) is 44.4. The van der Waals surface area contributed by atoms with Gasteiger partial charge in [0.25, 0.3) is 0 Å². The van der Waals surface area contributed by atoms with Crippen molar-refractivity contribution in [1.82, 2.24) is 30.0 Å². The Morgan fingerprint density at radius 3 is 2.47 bits per heavy atom. The third-order valence-electron chi connectivity index (χ3n) is 16.3. The highest BCUT2D eigenvalue weighted by Crippen LogP contribution is 2.38. The quantitative estimate of drug-likeness (QED) is 0.110. The van der Waals surface area contributed by atoms with Crippen molar-refractivity contribution < 1.29 is 4.79 Å². The maximum atomic E-state index is 12.1. The number of para-hydroxylation sites is 1. The SMILES string of the molecule is C=C(Nc1nc2ccccc2s1)c1cccc2c1CN(c1ccc(-c3cccc(C)c3C)c(C=O)n1)CC2.C=C1CCC(c2nn(C)c3cc(N4CCN([C@@H](C)CCCC5CCCCC5)CC4)ccc23)C(=C)N1. The number of rotatable bonds is 13. The average Bonchev–Trinajstić information content (AvgIpc) is 3.98. The summed E-state index contributed by atoms with van der Waals surface area (Å²) in [6.45, 7) is 25.4. The van der Waals surface area contributed by atoms with Crippen LogP contribution < -0.4 is 20.4 Å². The van der Waals surface area contributed by atoms with Gasteiger partial charge in [-0.2, -0.15) is 5.10 Å². The molecule has 3 aliphatic heterocycles. The number of aromatic nitrogens is 4. The van der Waals surface area contributed by atoms with E-state index in [0.717, 1.165) is 125 Å². The van der Waals surface area contributed by atoms with Crippen molar-refractivity contribution in [3.8, 4) is 11.1 Å². The molecule has 4 aromatic carbocycles. The number of thiazole rings is 1. The van der Waals surface area contributed by atoms with Gasteiger partial charge in [-0.05, 0) is 123 Å². The van der Waals surface area contributed by atoms with Gasteiger partial charge in [-0.1, -0.05) is 125 Å². The predicted molar refractivity (Wildman–Crippen MR) is 306 cm³/mol. The Labute approximate surface area is 436 Å². The Morgan fingerprint density at radius 2 is 1.67 bits per heavy atom. The van der Waals surface area contributed by atoms with Gasteiger partial charge in [0.05, 0.1) is 21.4 Å². The van der Waals surface area contributed by atoms with E-state index in [0.29, 0.717) is 18.3 Å². The van der Waals surface area contributed by atoms with Crippen molar-refractivity contribution in [3.05, 3.63) is 161 Å². The molecule has 0 spiro atoms. The van der Waals surface area contributed by atoms with Gasteiger partial charge >= 0.3 is 0 Å². The molecule has 4 aliphatic rings. The number of aryl methyl sites for hydroxylation is 2. The number of anilines is 3. The second-order valence-corrected chi connectivity index (χ2v) is 22.1. The van der Waals surface area contributed by atoms with Gasteiger partial charge in [0.15, 0.2) is 11.4 Å². The molecule has 0 bridgehead atoms. The van der Waals surface area contributed by atoms with E-state index in [1.54, 1.807) is 11.3 Å². The lowest BCUT2D eigenvalue weighted by molar-refractivity contribution is 0.111. The van der Waals surface area contributed by atoms with Crippen molar-refractivity contribution >= 4 is 61.1 Å². The molecule has 10 nitrogen and oxygen atoms in total. The Morgan fingerprint density at radius 1 is 0.863 bits per heavy atom. The average molecular weight is 992 g/mol. The van der Waals surface area contributed by atoms with E-state index < -0.39 is 0 Å². The summed E-state index contributed by atoms with van der Waals surface area (Å²) in [5.74, 6) is 2.08. The van der Waals surface area contributed by atoms with E-state index >= 15 is 0 Å². The molecule has 1 unspecified atom stereocenters. The summed E-state index contributed by atoms with van der Waals surface area (Å²) < 4.78 is 3.20. The first kappa shape index (κ1) is 50.0. The molecular formula is C62H73N9OS. The molecule has 378 valence electrons. The Balaban J connectivity index is 0.000000168. The summed E-state index contributed by atoms with van der Waals surface area (Å²) in [5.41, 5.74) is 16.0. The summed E-state index contributed by atoms with van der Waals surface area (Å²) in [4.78, 5) is 29.1. The lowest BCUT2D eigenvalue weighted by Crippen LogP contribution is -2.49. The van der Waals surface area contributed by atoms with Gasteiger partial charge in [-0.25, -0.2) is 9.97 Å². The van der Waals surface area contributed by atoms with Crippen LogP contribution in [0.5, 0.6) is 0 Å². The summed E-state index contributed by atoms with van der Waals surface area (Å²) in [5, 5.41) is 13.8. The van der Waals surface area contributed by atoms with Crippen LogP contribution in [0.3, 0.4) is 0 Å². The number of carbonyl (C=O) groups excluding carboxylic acids is 1. The highest BCUT2D eigenvalue weighted by Gasteiger charge is 2.28. The number of hydrogen-bond donors (Lipinski definition) is 2. The normalized spacial score (nSPS) is 18.0. The number of benzene rings is 4. The van der Waals surface area contributed by atoms with Gasteiger partial charge in [-0.15, -0.1) is 0 Å². The van der Waals surface area contributed by atoms with Crippen LogP contribution in [0.1, 0.15) is 121 Å². The molecule has 2 N–H and O–H groups in total. The fraction of sp³-hybridized carbons (Fsp3) is 0.387. The molecule has 1 aliphatic carbocycles. The number of nitrogens with one attached hydrogen (secondary N) is 2. The lowest BCUT2D eigenvalue weighted by atomic mass is 9.85. The van der Waals surface area contributed by atoms with Crippen LogP contribution in [0.4, 0.5) is 16.6 Å². The first-order valence-electron chi connectivity index (χ1n) is 26.8. The van der Waals surface area contributed by atoms with Crippen LogP contribution in [0.2, 0.25) is 0 Å². The minimum absolute atomic E-state index is 0.248. The van der Waals surface area contributed by atoms with Gasteiger partial charge in [0.2, 0.25) is 0 Å². The van der Waals surface area contributed by atoms with E-state index in [1.165, 1.54) is 90.2 Å². The summed E-state index contributed by atoms with van der Waals surface area (Å²) in [7, 11) is 2.07. The van der Waals surface area contributed by atoms with Crippen LogP contribution in [-0.4, -0.2) is 69.7 Å². The van der Waals surface area contributed by atoms with E-state index in [-0.39, 0.29) is 5.92 Å². The monoisotopic (exact) mass is 992 g/mol. The minimum atomic E-state index is 0.248. The standard InChI is InChI=1S/C32H28N4OS.C30H45N5/c1-20-8-6-10-24(21(20)2)26-14-15-31(34-29(26)19-37)36-17-16-23-9-7-11-25(27(23)18-36)22(3)33-32-35-28-12-4-5-13-30(28)38-32;1-22-13-15-27(24(3)31-22)30-28-16-14-26(21-29(28)33(4)32-30)35-19-17-34(18-20-35)23(2)9-8-12-25-10-6-5-7-11-25/h4-15,19H,3,16-18H2,1-2H3,(H,33,35);14,16,21,23,25,27,31H,1,3,5-13,15,17-20H2,2,4H3/t;23-,27?/m.0/s1. The fourth-order valence-corrected chi connectivity index (χ4v) is 12.8. The highest BCUT2D eigenvalue weighted by molar-refractivity contribution is 7.22. The molecule has 2 atom stereocenters. The van der Waals surface area contributed by atoms with Crippen molar-refractivity contribution in [3.63, 3.8) is 0 Å². The molecular weight excluding hydrogens is 919 g/mol. The molecule has 11 rings (SSSR count). The molecule has 0 radical (unpaired) electrons. The molecule has 2 saturated heterocycles. The number of allylic oxidation sites excluding steroid dienone is 2. The Kier molecular flexibility index (Phi) is 15.3. The zero-order valence-electron chi connectivity index (χ0n) is 43.6. The Hall–Kier alpha value is -6.56. The molecule has 3 fully saturated rings. The first-order valence-corrected chi connectivity index (χ1v) is 27.6. The molecule has 6 heterocycles. The smallest absolute Gasteiger partial charge is 0.188 e. The first-order chi connectivity index (χ1) is 35.5. The van der Waals surface area contributed by atoms with Crippen molar-refractivity contribution in [2.75, 3.05) is 47.8 Å². The molecule has 73 heavy (non-hydrogen) atoms. The summed E-state index contributed by atoms with van der Waals surface area (Å²) in [6.07, 6.45) is 15.4. The largest absolute Gasteiger partial charge is 0.369 e.